The quantitative estimate of drug-likeness (QED) is 0.530. The van der Waals surface area contributed by atoms with Gasteiger partial charge in [0, 0.05) is 32.9 Å². The lowest BCUT2D eigenvalue weighted by Gasteiger charge is -2.11. The Bertz CT molecular complexity index is 1160. The van der Waals surface area contributed by atoms with Gasteiger partial charge in [0.2, 0.25) is 10.0 Å². The van der Waals surface area contributed by atoms with Crippen LogP contribution in [0.5, 0.6) is 0 Å². The zero-order chi connectivity index (χ0) is 20.4. The van der Waals surface area contributed by atoms with Gasteiger partial charge in [-0.2, -0.15) is 0 Å². The number of hydrogen-bond acceptors (Lipinski definition) is 6. The van der Waals surface area contributed by atoms with E-state index in [2.05, 4.69) is 14.4 Å². The number of hydrogen-bond donors (Lipinski definition) is 2. The van der Waals surface area contributed by atoms with Crippen LogP contribution in [0.1, 0.15) is 5.56 Å². The third-order valence-electron chi connectivity index (χ3n) is 3.49. The maximum Gasteiger partial charge on any atom is 0.263 e. The Kier molecular flexibility index (Phi) is 6.15. The Morgan fingerprint density at radius 3 is 2.14 bits per heavy atom. The Balaban J connectivity index is 1.75. The number of sulfonamides is 2. The normalized spacial score (nSPS) is 11.9. The molecule has 12 heteroatoms. The molecule has 0 aliphatic carbocycles. The molecule has 2 aromatic carbocycles. The predicted molar refractivity (Wildman–Crippen MR) is 112 cm³/mol. The topological polar surface area (TPSA) is 105 Å². The molecule has 1 heterocycles. The van der Waals surface area contributed by atoms with Crippen molar-refractivity contribution in [1.29, 1.82) is 0 Å². The number of nitrogens with zero attached hydrogens (tertiary/aromatic N) is 1. The van der Waals surface area contributed by atoms with Gasteiger partial charge in [0.25, 0.3) is 10.0 Å². The third kappa shape index (κ3) is 5.15. The van der Waals surface area contributed by atoms with Crippen LogP contribution in [0.3, 0.4) is 0 Å². The van der Waals surface area contributed by atoms with Crippen molar-refractivity contribution in [3.8, 4) is 0 Å². The van der Waals surface area contributed by atoms with E-state index in [9.17, 15) is 16.8 Å². The van der Waals surface area contributed by atoms with Crippen molar-refractivity contribution < 1.29 is 16.8 Å². The molecule has 0 aliphatic heterocycles. The van der Waals surface area contributed by atoms with Gasteiger partial charge >= 0.3 is 0 Å². The molecule has 0 saturated carbocycles. The van der Waals surface area contributed by atoms with Crippen molar-refractivity contribution in [1.82, 2.24) is 4.98 Å². The Hall–Kier alpha value is -1.85. The van der Waals surface area contributed by atoms with E-state index in [1.54, 1.807) is 23.6 Å². The van der Waals surface area contributed by atoms with Gasteiger partial charge in [-0.1, -0.05) is 29.3 Å². The maximum absolute atomic E-state index is 12.4. The second-order valence-corrected chi connectivity index (χ2v) is 10.6. The molecule has 0 amide bonds. The second-order valence-electron chi connectivity index (χ2n) is 5.53. The van der Waals surface area contributed by atoms with Crippen LogP contribution in [0.2, 0.25) is 10.0 Å². The van der Waals surface area contributed by atoms with Gasteiger partial charge < -0.3 is 0 Å². The van der Waals surface area contributed by atoms with E-state index in [-0.39, 0.29) is 31.3 Å². The highest BCUT2D eigenvalue weighted by Gasteiger charge is 2.18. The summed E-state index contributed by atoms with van der Waals surface area (Å²) >= 11 is 13.2. The van der Waals surface area contributed by atoms with Gasteiger partial charge in [-0.3, -0.25) is 9.44 Å². The number of benzene rings is 2. The molecule has 0 saturated heterocycles. The molecule has 148 valence electrons. The summed E-state index contributed by atoms with van der Waals surface area (Å²) in [4.78, 5) is 3.83. The van der Waals surface area contributed by atoms with E-state index in [1.807, 2.05) is 0 Å². The number of nitrogens with one attached hydrogen (secondary N) is 2. The van der Waals surface area contributed by atoms with E-state index >= 15 is 0 Å². The minimum Gasteiger partial charge on any atom is -0.283 e. The number of halogens is 2. The van der Waals surface area contributed by atoms with E-state index in [0.717, 1.165) is 11.3 Å². The van der Waals surface area contributed by atoms with Crippen LogP contribution in [-0.4, -0.2) is 21.8 Å². The molecule has 1 aromatic heterocycles. The van der Waals surface area contributed by atoms with Gasteiger partial charge in [-0.15, -0.1) is 11.3 Å². The number of rotatable bonds is 7. The van der Waals surface area contributed by atoms with E-state index < -0.39 is 25.8 Å². The van der Waals surface area contributed by atoms with Crippen LogP contribution in [0.15, 0.2) is 58.9 Å². The first-order valence-corrected chi connectivity index (χ1v) is 12.4. The molecule has 3 rings (SSSR count). The van der Waals surface area contributed by atoms with Crippen LogP contribution in [-0.2, 0) is 25.8 Å². The van der Waals surface area contributed by atoms with E-state index in [4.69, 9.17) is 23.2 Å². The SMILES string of the molecule is O=S(=O)(Cc1c(Cl)cccc1Cl)Nc1ccc(S(=O)(=O)Nc2nccs2)cc1. The van der Waals surface area contributed by atoms with E-state index in [0.29, 0.717) is 0 Å². The van der Waals surface area contributed by atoms with Crippen molar-refractivity contribution in [2.45, 2.75) is 10.6 Å². The summed E-state index contributed by atoms with van der Waals surface area (Å²) in [7, 11) is -7.63. The van der Waals surface area contributed by atoms with Crippen LogP contribution < -0.4 is 9.44 Å². The van der Waals surface area contributed by atoms with Crippen molar-refractivity contribution in [3.63, 3.8) is 0 Å². The average molecular weight is 478 g/mol. The summed E-state index contributed by atoms with van der Waals surface area (Å²) in [5.74, 6) is -0.419. The summed E-state index contributed by atoms with van der Waals surface area (Å²) in [5, 5.41) is 2.36. The van der Waals surface area contributed by atoms with Crippen molar-refractivity contribution in [3.05, 3.63) is 69.7 Å². The zero-order valence-corrected chi connectivity index (χ0v) is 17.9. The van der Waals surface area contributed by atoms with Gasteiger partial charge in [-0.25, -0.2) is 21.8 Å². The standard InChI is InChI=1S/C16H13Cl2N3O4S3/c17-14-2-1-3-15(18)13(14)10-27(22,23)20-11-4-6-12(7-5-11)28(24,25)21-16-19-8-9-26-16/h1-9,20H,10H2,(H,19,21). The summed E-state index contributed by atoms with van der Waals surface area (Å²) in [6.07, 6.45) is 1.48. The van der Waals surface area contributed by atoms with Gasteiger partial charge in [0.1, 0.15) is 0 Å². The minimum atomic E-state index is -3.82. The van der Waals surface area contributed by atoms with Gasteiger partial charge in [0.15, 0.2) is 5.13 Å². The highest BCUT2D eigenvalue weighted by molar-refractivity contribution is 7.93. The van der Waals surface area contributed by atoms with Crippen LogP contribution in [0.25, 0.3) is 0 Å². The molecule has 28 heavy (non-hydrogen) atoms. The fourth-order valence-corrected chi connectivity index (χ4v) is 5.96. The molecule has 0 radical (unpaired) electrons. The molecule has 3 aromatic rings. The first-order chi connectivity index (χ1) is 13.2. The molecule has 0 unspecified atom stereocenters. The molecular formula is C16H13Cl2N3O4S3. The smallest absolute Gasteiger partial charge is 0.263 e. The molecule has 0 aliphatic rings. The molecule has 0 atom stereocenters. The summed E-state index contributed by atoms with van der Waals surface area (Å²) in [6.45, 7) is 0. The molecular weight excluding hydrogens is 465 g/mol. The third-order valence-corrected chi connectivity index (χ3v) is 7.58. The molecule has 0 spiro atoms. The first kappa shape index (κ1) is 20.9. The molecule has 0 bridgehead atoms. The average Bonchev–Trinajstić information content (AvgIpc) is 3.11. The first-order valence-electron chi connectivity index (χ1n) is 7.62. The Morgan fingerprint density at radius 1 is 0.929 bits per heavy atom. The number of anilines is 2. The highest BCUT2D eigenvalue weighted by atomic mass is 35.5. The highest BCUT2D eigenvalue weighted by Crippen LogP contribution is 2.27. The number of aromatic nitrogens is 1. The molecule has 0 fully saturated rings. The van der Waals surface area contributed by atoms with Crippen LogP contribution >= 0.6 is 34.5 Å². The largest absolute Gasteiger partial charge is 0.283 e. The van der Waals surface area contributed by atoms with Crippen LogP contribution in [0, 0.1) is 0 Å². The summed E-state index contributed by atoms with van der Waals surface area (Å²) < 4.78 is 54.1. The summed E-state index contributed by atoms with van der Waals surface area (Å²) in [6, 6.07) is 9.99. The lowest BCUT2D eigenvalue weighted by molar-refractivity contribution is 0.599. The Morgan fingerprint density at radius 2 is 1.57 bits per heavy atom. The van der Waals surface area contributed by atoms with Crippen molar-refractivity contribution >= 4 is 65.4 Å². The van der Waals surface area contributed by atoms with E-state index in [1.165, 1.54) is 30.5 Å². The van der Waals surface area contributed by atoms with Crippen molar-refractivity contribution in [2.24, 2.45) is 0 Å². The predicted octanol–water partition coefficient (Wildman–Crippen LogP) is 4.19. The monoisotopic (exact) mass is 477 g/mol. The molecule has 2 N–H and O–H groups in total. The Labute approximate surface area is 176 Å². The van der Waals surface area contributed by atoms with Gasteiger partial charge in [0.05, 0.1) is 10.6 Å². The number of thiazole rings is 1. The second kappa shape index (κ2) is 8.26. The van der Waals surface area contributed by atoms with Crippen molar-refractivity contribution in [2.75, 3.05) is 9.44 Å². The fourth-order valence-electron chi connectivity index (χ4n) is 2.23. The van der Waals surface area contributed by atoms with Crippen LogP contribution in [0.4, 0.5) is 10.8 Å². The zero-order valence-electron chi connectivity index (χ0n) is 14.0. The minimum absolute atomic E-state index is 0.0280. The van der Waals surface area contributed by atoms with Gasteiger partial charge in [-0.05, 0) is 36.4 Å². The maximum atomic E-state index is 12.4. The lowest BCUT2D eigenvalue weighted by Crippen LogP contribution is -2.16. The molecule has 7 nitrogen and oxygen atoms in total. The lowest BCUT2D eigenvalue weighted by atomic mass is 10.2. The fraction of sp³-hybridized carbons (Fsp3) is 0.0625. The summed E-state index contributed by atoms with van der Waals surface area (Å²) in [5.41, 5.74) is 0.488.